The molecule has 0 spiro atoms. The Hall–Kier alpha value is -4.28. The van der Waals surface area contributed by atoms with E-state index in [0.29, 0.717) is 47.3 Å². The Morgan fingerprint density at radius 1 is 1.13 bits per heavy atom. The fraction of sp³-hybridized carbons (Fsp3) is 0.333. The molecule has 1 aliphatic heterocycles. The molecule has 2 unspecified atom stereocenters. The molecule has 2 aromatic heterocycles. The van der Waals surface area contributed by atoms with Crippen molar-refractivity contribution in [3.63, 3.8) is 0 Å². The van der Waals surface area contributed by atoms with E-state index in [1.807, 2.05) is 20.8 Å². The van der Waals surface area contributed by atoms with Crippen LogP contribution in [0.5, 0.6) is 0 Å². The van der Waals surface area contributed by atoms with E-state index in [1.54, 1.807) is 22.7 Å². The zero-order valence-electron chi connectivity index (χ0n) is 21.1. The summed E-state index contributed by atoms with van der Waals surface area (Å²) in [6.45, 7) is 6.31. The van der Waals surface area contributed by atoms with Gasteiger partial charge in [0.1, 0.15) is 5.65 Å². The lowest BCUT2D eigenvalue weighted by Gasteiger charge is -2.44. The molecule has 4 aromatic rings. The summed E-state index contributed by atoms with van der Waals surface area (Å²) in [4.78, 5) is 41.8. The number of anilines is 1. The third-order valence-corrected chi connectivity index (χ3v) is 7.16. The van der Waals surface area contributed by atoms with Crippen molar-refractivity contribution in [2.75, 3.05) is 11.9 Å². The predicted molar refractivity (Wildman–Crippen MR) is 138 cm³/mol. The van der Waals surface area contributed by atoms with E-state index in [2.05, 4.69) is 10.3 Å². The van der Waals surface area contributed by atoms with Gasteiger partial charge in [0.05, 0.1) is 22.3 Å². The first kappa shape index (κ1) is 25.4. The zero-order valence-corrected chi connectivity index (χ0v) is 21.1. The number of likely N-dealkylation sites (tertiary alicyclic amines) is 1. The van der Waals surface area contributed by atoms with Crippen LogP contribution in [0.15, 0.2) is 47.3 Å². The lowest BCUT2D eigenvalue weighted by atomic mass is 9.76. The number of rotatable bonds is 3. The number of halogens is 2. The van der Waals surface area contributed by atoms with E-state index in [1.165, 1.54) is 17.0 Å². The molecule has 1 aliphatic rings. The number of nitrogens with one attached hydrogen (secondary N) is 2. The molecule has 0 saturated carbocycles. The number of hydrogen-bond donors (Lipinski definition) is 3. The minimum atomic E-state index is -1.14. The number of H-pyrrole nitrogens is 1. The standard InChI is InChI=1S/C27H27F2N5O4/c1-27(2,3)21-12-14(9-10-33(21)26(37)38)20-13-22(35)31-24-23-18(5-4-6-19(23)32-34(20)24)30-25(36)15-7-8-16(28)17(29)11-15/h4-8,11,13-14,21H,9-10,12H2,1-3H3,(H,30,36)(H,31,35)(H,37,38). The molecule has 1 fully saturated rings. The number of benzene rings is 2. The molecule has 2 amide bonds. The summed E-state index contributed by atoms with van der Waals surface area (Å²) in [5, 5.41) is 17.6. The summed E-state index contributed by atoms with van der Waals surface area (Å²) >= 11 is 0. The summed E-state index contributed by atoms with van der Waals surface area (Å²) in [7, 11) is 0. The zero-order chi connectivity index (χ0) is 27.4. The average molecular weight is 524 g/mol. The van der Waals surface area contributed by atoms with Gasteiger partial charge in [0.15, 0.2) is 11.6 Å². The van der Waals surface area contributed by atoms with Crippen LogP contribution in [0.2, 0.25) is 0 Å². The average Bonchev–Trinajstić information content (AvgIpc) is 3.23. The second kappa shape index (κ2) is 9.23. The number of carbonyl (C=O) groups excluding carboxylic acids is 1. The highest BCUT2D eigenvalue weighted by atomic mass is 19.2. The molecule has 0 aliphatic carbocycles. The van der Waals surface area contributed by atoms with Crippen molar-refractivity contribution in [2.24, 2.45) is 5.41 Å². The molecule has 1 saturated heterocycles. The van der Waals surface area contributed by atoms with E-state index in [4.69, 9.17) is 5.10 Å². The Labute approximate surface area is 216 Å². The maximum atomic E-state index is 13.7. The fourth-order valence-electron chi connectivity index (χ4n) is 5.30. The third-order valence-electron chi connectivity index (χ3n) is 7.16. The van der Waals surface area contributed by atoms with Gasteiger partial charge in [-0.25, -0.2) is 18.1 Å². The quantitative estimate of drug-likeness (QED) is 0.350. The Balaban J connectivity index is 1.57. The summed E-state index contributed by atoms with van der Waals surface area (Å²) in [6.07, 6.45) is 0.0724. The van der Waals surface area contributed by atoms with Crippen LogP contribution < -0.4 is 10.9 Å². The van der Waals surface area contributed by atoms with E-state index in [0.717, 1.165) is 12.1 Å². The molecule has 3 N–H and O–H groups in total. The summed E-state index contributed by atoms with van der Waals surface area (Å²) in [6, 6.07) is 9.16. The first-order chi connectivity index (χ1) is 17.9. The number of hydrogen-bond acceptors (Lipinski definition) is 4. The summed E-state index contributed by atoms with van der Waals surface area (Å²) in [5.41, 5.74) is 1.13. The normalized spacial score (nSPS) is 18.2. The van der Waals surface area contributed by atoms with Crippen molar-refractivity contribution >= 4 is 34.2 Å². The highest BCUT2D eigenvalue weighted by molar-refractivity contribution is 6.11. The van der Waals surface area contributed by atoms with Gasteiger partial charge in [-0.2, -0.15) is 5.10 Å². The smallest absolute Gasteiger partial charge is 0.407 e. The van der Waals surface area contributed by atoms with Gasteiger partial charge in [0.25, 0.3) is 11.5 Å². The van der Waals surface area contributed by atoms with Gasteiger partial charge in [0, 0.05) is 30.1 Å². The van der Waals surface area contributed by atoms with Crippen molar-refractivity contribution in [3.8, 4) is 0 Å². The van der Waals surface area contributed by atoms with Gasteiger partial charge in [-0.3, -0.25) is 9.59 Å². The topological polar surface area (TPSA) is 120 Å². The van der Waals surface area contributed by atoms with Gasteiger partial charge in [-0.05, 0) is 48.6 Å². The minimum absolute atomic E-state index is 0.0648. The fourth-order valence-corrected chi connectivity index (χ4v) is 5.30. The van der Waals surface area contributed by atoms with Crippen LogP contribution in [0, 0.1) is 17.0 Å². The number of piperidine rings is 1. The minimum Gasteiger partial charge on any atom is -0.465 e. The molecule has 38 heavy (non-hydrogen) atoms. The van der Waals surface area contributed by atoms with Gasteiger partial charge >= 0.3 is 6.09 Å². The maximum Gasteiger partial charge on any atom is 0.407 e. The summed E-state index contributed by atoms with van der Waals surface area (Å²) in [5.74, 6) is -2.97. The molecule has 3 heterocycles. The number of carbonyl (C=O) groups is 2. The number of aromatic nitrogens is 3. The molecule has 198 valence electrons. The van der Waals surface area contributed by atoms with E-state index < -0.39 is 23.6 Å². The molecule has 2 atom stereocenters. The molecular weight excluding hydrogens is 496 g/mol. The van der Waals surface area contributed by atoms with Crippen molar-refractivity contribution in [3.05, 3.63) is 75.7 Å². The molecule has 9 nitrogen and oxygen atoms in total. The van der Waals surface area contributed by atoms with Gasteiger partial charge < -0.3 is 20.3 Å². The highest BCUT2D eigenvalue weighted by Gasteiger charge is 2.40. The Morgan fingerprint density at radius 3 is 2.58 bits per heavy atom. The summed E-state index contributed by atoms with van der Waals surface area (Å²) < 4.78 is 28.6. The van der Waals surface area contributed by atoms with Crippen molar-refractivity contribution in [2.45, 2.75) is 45.6 Å². The number of aromatic amines is 1. The Bertz CT molecular complexity index is 1640. The second-order valence-corrected chi connectivity index (χ2v) is 10.7. The number of fused-ring (bicyclic) bond motifs is 3. The second-order valence-electron chi connectivity index (χ2n) is 10.7. The van der Waals surface area contributed by atoms with Crippen LogP contribution in [0.3, 0.4) is 0 Å². The number of nitrogens with zero attached hydrogens (tertiary/aromatic N) is 3. The lowest BCUT2D eigenvalue weighted by molar-refractivity contribution is 0.0518. The molecular formula is C27H27F2N5O4. The third kappa shape index (κ3) is 4.48. The molecule has 5 rings (SSSR count). The monoisotopic (exact) mass is 523 g/mol. The van der Waals surface area contributed by atoms with Gasteiger partial charge in [0.2, 0.25) is 0 Å². The van der Waals surface area contributed by atoms with E-state index >= 15 is 0 Å². The van der Waals surface area contributed by atoms with E-state index in [9.17, 15) is 28.3 Å². The van der Waals surface area contributed by atoms with Crippen molar-refractivity contribution in [1.29, 1.82) is 0 Å². The maximum absolute atomic E-state index is 13.7. The number of carboxylic acid groups (broad SMARTS) is 1. The Kier molecular flexibility index (Phi) is 6.16. The molecule has 0 radical (unpaired) electrons. The molecule has 2 aromatic carbocycles. The van der Waals surface area contributed by atoms with Crippen molar-refractivity contribution < 1.29 is 23.5 Å². The van der Waals surface area contributed by atoms with Crippen LogP contribution >= 0.6 is 0 Å². The Morgan fingerprint density at radius 2 is 1.89 bits per heavy atom. The van der Waals surface area contributed by atoms with Crippen LogP contribution in [-0.2, 0) is 0 Å². The highest BCUT2D eigenvalue weighted by Crippen LogP contribution is 2.39. The van der Waals surface area contributed by atoms with Crippen LogP contribution in [0.25, 0.3) is 16.6 Å². The van der Waals surface area contributed by atoms with Crippen LogP contribution in [0.4, 0.5) is 19.3 Å². The van der Waals surface area contributed by atoms with Gasteiger partial charge in [-0.1, -0.05) is 26.8 Å². The van der Waals surface area contributed by atoms with Crippen molar-refractivity contribution in [1.82, 2.24) is 19.5 Å². The SMILES string of the molecule is CC(C)(C)C1CC(c2cc(=O)[nH]c3c4c(NC(=O)c5ccc(F)c(F)c5)cccc4nn23)CCN1C(=O)O. The molecule has 0 bridgehead atoms. The first-order valence-electron chi connectivity index (χ1n) is 12.2. The van der Waals surface area contributed by atoms with E-state index in [-0.39, 0.29) is 28.5 Å². The van der Waals surface area contributed by atoms with Crippen LogP contribution in [0.1, 0.15) is 55.6 Å². The first-order valence-corrected chi connectivity index (χ1v) is 12.2. The predicted octanol–water partition coefficient (Wildman–Crippen LogP) is 4.98. The number of amides is 2. The molecule has 11 heteroatoms. The lowest BCUT2D eigenvalue weighted by Crippen LogP contribution is -2.51. The largest absolute Gasteiger partial charge is 0.465 e. The van der Waals surface area contributed by atoms with Gasteiger partial charge in [-0.15, -0.1) is 0 Å². The van der Waals surface area contributed by atoms with Crippen LogP contribution in [-0.4, -0.2) is 49.2 Å².